The number of halogens is 2. The van der Waals surface area contributed by atoms with Crippen molar-refractivity contribution in [2.24, 2.45) is 5.41 Å². The number of nitrogens with one attached hydrogen (secondary N) is 1. The molecule has 0 aliphatic heterocycles. The predicted molar refractivity (Wildman–Crippen MR) is 70.4 cm³/mol. The average Bonchev–Trinajstić information content (AvgIpc) is 2.27. The molecule has 0 fully saturated rings. The number of benzene rings is 1. The molecule has 0 atom stereocenters. The number of aryl methyl sites for hydroxylation is 1. The Kier molecular flexibility index (Phi) is 4.81. The predicted octanol–water partition coefficient (Wildman–Crippen LogP) is 3.10. The van der Waals surface area contributed by atoms with Crippen molar-refractivity contribution < 1.29 is 23.5 Å². The molecular weight excluding hydrogens is 268 g/mol. The van der Waals surface area contributed by atoms with Crippen LogP contribution in [0, 0.1) is 24.0 Å². The molecule has 1 aromatic rings. The molecule has 0 saturated carbocycles. The summed E-state index contributed by atoms with van der Waals surface area (Å²) < 4.78 is 27.2. The standard InChI is InChI=1S/C14H17F2NO3/c1-8-4-5-9(15)13(12(8)16)17-10(18)6-14(2,3)7-11(19)20/h4-5H,6-7H2,1-3H3,(H,17,18)(H,19,20). The van der Waals surface area contributed by atoms with Crippen LogP contribution in [-0.4, -0.2) is 17.0 Å². The Labute approximate surface area is 115 Å². The molecule has 0 radical (unpaired) electrons. The summed E-state index contributed by atoms with van der Waals surface area (Å²) in [6.07, 6.45) is -0.356. The first kappa shape index (κ1) is 16.1. The van der Waals surface area contributed by atoms with E-state index < -0.39 is 34.6 Å². The Morgan fingerprint density at radius 1 is 1.25 bits per heavy atom. The minimum Gasteiger partial charge on any atom is -0.481 e. The number of hydrogen-bond acceptors (Lipinski definition) is 2. The van der Waals surface area contributed by atoms with E-state index in [2.05, 4.69) is 5.32 Å². The quantitative estimate of drug-likeness (QED) is 0.873. The lowest BCUT2D eigenvalue weighted by atomic mass is 9.85. The summed E-state index contributed by atoms with van der Waals surface area (Å²) >= 11 is 0. The Morgan fingerprint density at radius 3 is 2.40 bits per heavy atom. The highest BCUT2D eigenvalue weighted by atomic mass is 19.1. The number of amides is 1. The second-order valence-electron chi connectivity index (χ2n) is 5.51. The number of aliphatic carboxylic acids is 1. The van der Waals surface area contributed by atoms with Crippen LogP contribution in [0.15, 0.2) is 12.1 Å². The highest BCUT2D eigenvalue weighted by molar-refractivity contribution is 5.91. The number of hydrogen-bond donors (Lipinski definition) is 2. The van der Waals surface area contributed by atoms with Gasteiger partial charge in [-0.3, -0.25) is 9.59 Å². The molecule has 4 nitrogen and oxygen atoms in total. The van der Waals surface area contributed by atoms with E-state index in [-0.39, 0.29) is 18.4 Å². The van der Waals surface area contributed by atoms with Gasteiger partial charge in [0.2, 0.25) is 5.91 Å². The number of carboxylic acids is 1. The zero-order chi connectivity index (χ0) is 15.5. The Balaban J connectivity index is 2.82. The highest BCUT2D eigenvalue weighted by Crippen LogP contribution is 2.27. The van der Waals surface area contributed by atoms with E-state index in [4.69, 9.17) is 5.11 Å². The number of rotatable bonds is 5. The fourth-order valence-corrected chi connectivity index (χ4v) is 1.86. The summed E-state index contributed by atoms with van der Waals surface area (Å²) in [5.74, 6) is -3.35. The number of carboxylic acid groups (broad SMARTS) is 1. The third-order valence-electron chi connectivity index (χ3n) is 2.82. The summed E-state index contributed by atoms with van der Waals surface area (Å²) in [5, 5.41) is 10.9. The van der Waals surface area contributed by atoms with Crippen LogP contribution in [0.3, 0.4) is 0 Å². The van der Waals surface area contributed by atoms with Gasteiger partial charge < -0.3 is 10.4 Å². The normalized spacial score (nSPS) is 11.2. The molecule has 0 spiro atoms. The van der Waals surface area contributed by atoms with Crippen LogP contribution in [0.4, 0.5) is 14.5 Å². The van der Waals surface area contributed by atoms with Crippen LogP contribution >= 0.6 is 0 Å². The maximum atomic E-state index is 13.7. The topological polar surface area (TPSA) is 66.4 Å². The van der Waals surface area contributed by atoms with E-state index >= 15 is 0 Å². The summed E-state index contributed by atoms with van der Waals surface area (Å²) in [6, 6.07) is 2.34. The lowest BCUT2D eigenvalue weighted by Crippen LogP contribution is -2.25. The SMILES string of the molecule is Cc1ccc(F)c(NC(=O)CC(C)(C)CC(=O)O)c1F. The van der Waals surface area contributed by atoms with Gasteiger partial charge in [0.1, 0.15) is 11.5 Å². The van der Waals surface area contributed by atoms with Gasteiger partial charge in [-0.15, -0.1) is 0 Å². The monoisotopic (exact) mass is 285 g/mol. The summed E-state index contributed by atoms with van der Waals surface area (Å²) in [4.78, 5) is 22.4. The van der Waals surface area contributed by atoms with Gasteiger partial charge >= 0.3 is 5.97 Å². The maximum absolute atomic E-state index is 13.7. The van der Waals surface area contributed by atoms with Gasteiger partial charge in [-0.25, -0.2) is 8.78 Å². The number of anilines is 1. The van der Waals surface area contributed by atoms with Crippen molar-refractivity contribution in [1.29, 1.82) is 0 Å². The Bertz CT molecular complexity index is 541. The van der Waals surface area contributed by atoms with Crippen molar-refractivity contribution in [2.75, 3.05) is 5.32 Å². The molecule has 110 valence electrons. The third kappa shape index (κ3) is 4.29. The van der Waals surface area contributed by atoms with Crippen LogP contribution in [-0.2, 0) is 9.59 Å². The minimum atomic E-state index is -1.03. The summed E-state index contributed by atoms with van der Waals surface area (Å²) in [5.41, 5.74) is -1.08. The lowest BCUT2D eigenvalue weighted by Gasteiger charge is -2.21. The zero-order valence-corrected chi connectivity index (χ0v) is 11.6. The molecule has 0 aliphatic rings. The molecule has 2 N–H and O–H groups in total. The number of carbonyl (C=O) groups is 2. The molecule has 1 amide bonds. The molecule has 0 unspecified atom stereocenters. The van der Waals surface area contributed by atoms with Gasteiger partial charge in [-0.1, -0.05) is 19.9 Å². The van der Waals surface area contributed by atoms with Crippen molar-refractivity contribution in [3.05, 3.63) is 29.3 Å². The van der Waals surface area contributed by atoms with Crippen molar-refractivity contribution in [2.45, 2.75) is 33.6 Å². The van der Waals surface area contributed by atoms with Crippen molar-refractivity contribution >= 4 is 17.6 Å². The van der Waals surface area contributed by atoms with E-state index in [1.807, 2.05) is 0 Å². The fraction of sp³-hybridized carbons (Fsp3) is 0.429. The smallest absolute Gasteiger partial charge is 0.303 e. The first-order chi connectivity index (χ1) is 9.12. The number of carbonyl (C=O) groups excluding carboxylic acids is 1. The van der Waals surface area contributed by atoms with Gasteiger partial charge in [-0.2, -0.15) is 0 Å². The highest BCUT2D eigenvalue weighted by Gasteiger charge is 2.26. The molecular formula is C14H17F2NO3. The summed E-state index contributed by atoms with van der Waals surface area (Å²) in [7, 11) is 0. The van der Waals surface area contributed by atoms with Gasteiger partial charge in [0.15, 0.2) is 5.82 Å². The van der Waals surface area contributed by atoms with E-state index in [1.165, 1.54) is 13.0 Å². The average molecular weight is 285 g/mol. The van der Waals surface area contributed by atoms with Gasteiger partial charge in [0.05, 0.1) is 6.42 Å². The molecule has 0 bridgehead atoms. The van der Waals surface area contributed by atoms with Crippen LogP contribution in [0.5, 0.6) is 0 Å². The van der Waals surface area contributed by atoms with Crippen LogP contribution in [0.2, 0.25) is 0 Å². The third-order valence-corrected chi connectivity index (χ3v) is 2.82. The van der Waals surface area contributed by atoms with Gasteiger partial charge in [0, 0.05) is 6.42 Å². The molecule has 6 heteroatoms. The lowest BCUT2D eigenvalue weighted by molar-refractivity contribution is -0.139. The van der Waals surface area contributed by atoms with E-state index in [1.54, 1.807) is 13.8 Å². The molecule has 0 saturated heterocycles. The largest absolute Gasteiger partial charge is 0.481 e. The first-order valence-electron chi connectivity index (χ1n) is 6.08. The first-order valence-corrected chi connectivity index (χ1v) is 6.08. The van der Waals surface area contributed by atoms with Crippen molar-refractivity contribution in [3.63, 3.8) is 0 Å². The summed E-state index contributed by atoms with van der Waals surface area (Å²) in [6.45, 7) is 4.66. The maximum Gasteiger partial charge on any atom is 0.303 e. The molecule has 0 heterocycles. The van der Waals surface area contributed by atoms with E-state index in [0.29, 0.717) is 0 Å². The zero-order valence-electron chi connectivity index (χ0n) is 11.6. The molecule has 0 aromatic heterocycles. The van der Waals surface area contributed by atoms with E-state index in [9.17, 15) is 18.4 Å². The molecule has 1 aromatic carbocycles. The second kappa shape index (κ2) is 5.98. The van der Waals surface area contributed by atoms with Gasteiger partial charge in [-0.05, 0) is 24.0 Å². The van der Waals surface area contributed by atoms with Crippen molar-refractivity contribution in [3.8, 4) is 0 Å². The molecule has 20 heavy (non-hydrogen) atoms. The second-order valence-corrected chi connectivity index (χ2v) is 5.51. The molecule has 1 rings (SSSR count). The Morgan fingerprint density at radius 2 is 1.85 bits per heavy atom. The van der Waals surface area contributed by atoms with Crippen LogP contribution in [0.1, 0.15) is 32.3 Å². The van der Waals surface area contributed by atoms with Crippen molar-refractivity contribution in [1.82, 2.24) is 0 Å². The van der Waals surface area contributed by atoms with Gasteiger partial charge in [0.25, 0.3) is 0 Å². The fourth-order valence-electron chi connectivity index (χ4n) is 1.86. The molecule has 0 aliphatic carbocycles. The Hall–Kier alpha value is -1.98. The van der Waals surface area contributed by atoms with Crippen LogP contribution in [0.25, 0.3) is 0 Å². The van der Waals surface area contributed by atoms with Crippen LogP contribution < -0.4 is 5.32 Å². The van der Waals surface area contributed by atoms with E-state index in [0.717, 1.165) is 6.07 Å². The minimum absolute atomic E-state index is 0.147.